The van der Waals surface area contributed by atoms with Crippen LogP contribution in [0.5, 0.6) is 0 Å². The fourth-order valence-electron chi connectivity index (χ4n) is 4.48. The van der Waals surface area contributed by atoms with E-state index in [1.54, 1.807) is 0 Å². The van der Waals surface area contributed by atoms with Crippen molar-refractivity contribution < 1.29 is 4.79 Å². The lowest BCUT2D eigenvalue weighted by atomic mass is 9.87. The van der Waals surface area contributed by atoms with Gasteiger partial charge in [0.05, 0.1) is 0 Å². The van der Waals surface area contributed by atoms with Crippen LogP contribution in [0.3, 0.4) is 0 Å². The predicted octanol–water partition coefficient (Wildman–Crippen LogP) is 2.87. The molecule has 0 spiro atoms. The quantitative estimate of drug-likeness (QED) is 0.749. The third-order valence-corrected chi connectivity index (χ3v) is 5.54. The monoisotopic (exact) mass is 235 g/mol. The van der Waals surface area contributed by atoms with Crippen LogP contribution in [-0.2, 0) is 4.79 Å². The summed E-state index contributed by atoms with van der Waals surface area (Å²) in [6.45, 7) is 1.29. The van der Waals surface area contributed by atoms with Crippen molar-refractivity contribution in [1.82, 2.24) is 4.90 Å². The van der Waals surface area contributed by atoms with E-state index in [-0.39, 0.29) is 0 Å². The second-order valence-electron chi connectivity index (χ2n) is 6.64. The van der Waals surface area contributed by atoms with Crippen molar-refractivity contribution in [2.75, 3.05) is 13.6 Å². The average Bonchev–Trinajstić information content (AvgIpc) is 2.91. The van der Waals surface area contributed by atoms with Gasteiger partial charge in [-0.3, -0.25) is 4.79 Å². The Morgan fingerprint density at radius 3 is 2.47 bits per heavy atom. The lowest BCUT2D eigenvalue weighted by Crippen LogP contribution is -2.39. The Balaban J connectivity index is 1.50. The first-order chi connectivity index (χ1) is 8.22. The first-order valence-electron chi connectivity index (χ1n) is 7.44. The third-order valence-electron chi connectivity index (χ3n) is 5.54. The fraction of sp³-hybridized carbons (Fsp3) is 0.933. The summed E-state index contributed by atoms with van der Waals surface area (Å²) >= 11 is 0. The summed E-state index contributed by atoms with van der Waals surface area (Å²) in [5.41, 5.74) is 0. The van der Waals surface area contributed by atoms with E-state index in [4.69, 9.17) is 0 Å². The van der Waals surface area contributed by atoms with Crippen molar-refractivity contribution in [3.63, 3.8) is 0 Å². The topological polar surface area (TPSA) is 20.3 Å². The fourth-order valence-corrected chi connectivity index (χ4v) is 4.48. The molecule has 17 heavy (non-hydrogen) atoms. The lowest BCUT2D eigenvalue weighted by Gasteiger charge is -2.34. The highest BCUT2D eigenvalue weighted by molar-refractivity contribution is 5.79. The Hall–Kier alpha value is -0.370. The van der Waals surface area contributed by atoms with Crippen molar-refractivity contribution in [3.05, 3.63) is 0 Å². The van der Waals surface area contributed by atoms with Crippen LogP contribution in [-0.4, -0.2) is 30.3 Å². The van der Waals surface area contributed by atoms with E-state index in [1.165, 1.54) is 32.2 Å². The first-order valence-corrected chi connectivity index (χ1v) is 7.44. The van der Waals surface area contributed by atoms with Gasteiger partial charge in [0.15, 0.2) is 0 Å². The highest BCUT2D eigenvalue weighted by Gasteiger charge is 2.40. The van der Waals surface area contributed by atoms with Crippen LogP contribution < -0.4 is 0 Å². The van der Waals surface area contributed by atoms with Gasteiger partial charge in [-0.25, -0.2) is 0 Å². The molecule has 3 atom stereocenters. The average molecular weight is 235 g/mol. The molecule has 3 aliphatic rings. The highest BCUT2D eigenvalue weighted by atomic mass is 16.1. The minimum atomic E-state index is 0.481. The highest BCUT2D eigenvalue weighted by Crippen LogP contribution is 2.48. The SMILES string of the molecule is CN(CC1CC2CCC1C2)C1CCC(=O)CC1. The van der Waals surface area contributed by atoms with Gasteiger partial charge in [0.2, 0.25) is 0 Å². The Labute approximate surface area is 105 Å². The van der Waals surface area contributed by atoms with E-state index < -0.39 is 0 Å². The van der Waals surface area contributed by atoms with Crippen LogP contribution in [0.2, 0.25) is 0 Å². The predicted molar refractivity (Wildman–Crippen MR) is 68.8 cm³/mol. The van der Waals surface area contributed by atoms with Gasteiger partial charge in [-0.05, 0) is 56.9 Å². The maximum atomic E-state index is 11.3. The molecule has 3 aliphatic carbocycles. The van der Waals surface area contributed by atoms with Gasteiger partial charge in [-0.2, -0.15) is 0 Å². The van der Waals surface area contributed by atoms with Gasteiger partial charge < -0.3 is 4.90 Å². The van der Waals surface area contributed by atoms with Crippen LogP contribution in [0.25, 0.3) is 0 Å². The van der Waals surface area contributed by atoms with Gasteiger partial charge in [-0.15, -0.1) is 0 Å². The van der Waals surface area contributed by atoms with E-state index in [0.717, 1.165) is 43.4 Å². The largest absolute Gasteiger partial charge is 0.303 e. The lowest BCUT2D eigenvalue weighted by molar-refractivity contribution is -0.121. The zero-order valence-corrected chi connectivity index (χ0v) is 11.0. The molecule has 0 N–H and O–H groups in total. The molecule has 3 unspecified atom stereocenters. The number of carbonyl (C=O) groups excluding carboxylic acids is 1. The molecule has 2 nitrogen and oxygen atoms in total. The Morgan fingerprint density at radius 1 is 1.12 bits per heavy atom. The summed E-state index contributed by atoms with van der Waals surface area (Å²) in [6, 6.07) is 0.687. The molecule has 0 aliphatic heterocycles. The van der Waals surface area contributed by atoms with Gasteiger partial charge in [0.1, 0.15) is 5.78 Å². The van der Waals surface area contributed by atoms with Gasteiger partial charge in [0.25, 0.3) is 0 Å². The number of nitrogens with zero attached hydrogens (tertiary/aromatic N) is 1. The Bertz CT molecular complexity index is 291. The van der Waals surface area contributed by atoms with Gasteiger partial charge >= 0.3 is 0 Å². The van der Waals surface area contributed by atoms with E-state index in [9.17, 15) is 4.79 Å². The normalized spacial score (nSPS) is 38.2. The minimum absolute atomic E-state index is 0.481. The van der Waals surface area contributed by atoms with E-state index in [1.807, 2.05) is 0 Å². The summed E-state index contributed by atoms with van der Waals surface area (Å²) in [5, 5.41) is 0. The zero-order chi connectivity index (χ0) is 11.8. The molecule has 3 rings (SSSR count). The first kappa shape index (κ1) is 11.7. The number of Topliss-reactive ketones (excluding diaryl/α,β-unsaturated/α-hetero) is 1. The van der Waals surface area contributed by atoms with Crippen LogP contribution in [0.1, 0.15) is 51.4 Å². The molecule has 3 fully saturated rings. The van der Waals surface area contributed by atoms with Gasteiger partial charge in [-0.1, -0.05) is 6.42 Å². The van der Waals surface area contributed by atoms with Crippen molar-refractivity contribution in [1.29, 1.82) is 0 Å². The summed E-state index contributed by atoms with van der Waals surface area (Å²) < 4.78 is 0. The zero-order valence-electron chi connectivity index (χ0n) is 11.0. The van der Waals surface area contributed by atoms with E-state index in [2.05, 4.69) is 11.9 Å². The molecule has 2 bridgehead atoms. The number of rotatable bonds is 3. The maximum Gasteiger partial charge on any atom is 0.133 e. The van der Waals surface area contributed by atoms with Crippen molar-refractivity contribution in [3.8, 4) is 0 Å². The van der Waals surface area contributed by atoms with Crippen LogP contribution in [0.15, 0.2) is 0 Å². The number of fused-ring (bicyclic) bond motifs is 2. The Kier molecular flexibility index (Phi) is 3.25. The molecule has 0 heterocycles. The van der Waals surface area contributed by atoms with E-state index >= 15 is 0 Å². The molecule has 3 saturated carbocycles. The standard InChI is InChI=1S/C15H25NO/c1-16(14-4-6-15(17)7-5-14)10-13-9-11-2-3-12(13)8-11/h11-14H,2-10H2,1H3. The second kappa shape index (κ2) is 4.72. The summed E-state index contributed by atoms with van der Waals surface area (Å²) in [6.07, 6.45) is 9.86. The number of ketones is 1. The molecule has 0 amide bonds. The number of hydrogen-bond acceptors (Lipinski definition) is 2. The molecule has 0 aromatic heterocycles. The third kappa shape index (κ3) is 2.42. The number of hydrogen-bond donors (Lipinski definition) is 0. The van der Waals surface area contributed by atoms with Crippen LogP contribution >= 0.6 is 0 Å². The molecule has 0 aromatic rings. The molecule has 0 saturated heterocycles. The Morgan fingerprint density at radius 2 is 1.88 bits per heavy atom. The smallest absolute Gasteiger partial charge is 0.133 e. The summed E-state index contributed by atoms with van der Waals surface area (Å²) in [7, 11) is 2.28. The molecule has 0 aromatic carbocycles. The van der Waals surface area contributed by atoms with Crippen molar-refractivity contribution >= 4 is 5.78 Å². The second-order valence-corrected chi connectivity index (χ2v) is 6.64. The van der Waals surface area contributed by atoms with Crippen LogP contribution in [0, 0.1) is 17.8 Å². The molecular formula is C15H25NO. The van der Waals surface area contributed by atoms with Crippen molar-refractivity contribution in [2.24, 2.45) is 17.8 Å². The van der Waals surface area contributed by atoms with Crippen LogP contribution in [0.4, 0.5) is 0 Å². The van der Waals surface area contributed by atoms with Crippen molar-refractivity contribution in [2.45, 2.75) is 57.4 Å². The molecule has 2 heteroatoms. The summed E-state index contributed by atoms with van der Waals surface area (Å²) in [4.78, 5) is 13.8. The molecule has 0 radical (unpaired) electrons. The van der Waals surface area contributed by atoms with E-state index in [0.29, 0.717) is 11.8 Å². The molecular weight excluding hydrogens is 210 g/mol. The molecule has 96 valence electrons. The van der Waals surface area contributed by atoms with Gasteiger partial charge in [0, 0.05) is 25.4 Å². The maximum absolute atomic E-state index is 11.3. The minimum Gasteiger partial charge on any atom is -0.303 e. The summed E-state index contributed by atoms with van der Waals surface area (Å²) in [5.74, 6) is 3.55. The number of carbonyl (C=O) groups is 1.